The third-order valence-electron chi connectivity index (χ3n) is 2.58. The fourth-order valence-corrected chi connectivity index (χ4v) is 2.91. The molecule has 0 saturated heterocycles. The van der Waals surface area contributed by atoms with E-state index in [1.807, 2.05) is 25.1 Å². The zero-order valence-corrected chi connectivity index (χ0v) is 11.8. The third kappa shape index (κ3) is 2.91. The molecule has 90 valence electrons. The molecule has 2 aromatic rings. The van der Waals surface area contributed by atoms with Crippen molar-refractivity contribution in [3.63, 3.8) is 0 Å². The zero-order valence-electron chi connectivity index (χ0n) is 9.43. The monoisotopic (exact) mass is 312 g/mol. The van der Waals surface area contributed by atoms with E-state index in [4.69, 9.17) is 0 Å². The fraction of sp³-hybridized carbons (Fsp3) is 0.333. The molecule has 17 heavy (non-hydrogen) atoms. The van der Waals surface area contributed by atoms with E-state index in [9.17, 15) is 5.11 Å². The van der Waals surface area contributed by atoms with Crippen LogP contribution in [-0.2, 0) is 0 Å². The van der Waals surface area contributed by atoms with Crippen molar-refractivity contribution in [1.29, 1.82) is 0 Å². The summed E-state index contributed by atoms with van der Waals surface area (Å²) in [4.78, 5) is 9.86. The van der Waals surface area contributed by atoms with Gasteiger partial charge in [-0.3, -0.25) is 0 Å². The molecule has 0 radical (unpaired) electrons. The van der Waals surface area contributed by atoms with E-state index in [1.165, 1.54) is 0 Å². The van der Waals surface area contributed by atoms with Gasteiger partial charge in [-0.2, -0.15) is 0 Å². The van der Waals surface area contributed by atoms with Gasteiger partial charge >= 0.3 is 0 Å². The number of halogens is 1. The third-order valence-corrected chi connectivity index (χ3v) is 4.22. The normalized spacial score (nSPS) is 12.6. The van der Waals surface area contributed by atoms with Gasteiger partial charge in [0, 0.05) is 12.1 Å². The molecule has 0 aliphatic heterocycles. The van der Waals surface area contributed by atoms with Crippen LogP contribution >= 0.6 is 27.3 Å². The molecule has 0 aromatic carbocycles. The van der Waals surface area contributed by atoms with E-state index in [0.29, 0.717) is 0 Å². The van der Waals surface area contributed by atoms with E-state index in [-0.39, 0.29) is 12.5 Å². The Balaban J connectivity index is 2.34. The second kappa shape index (κ2) is 5.71. The predicted octanol–water partition coefficient (Wildman–Crippen LogP) is 3.45. The molecular formula is C12H13BrN2OS. The highest BCUT2D eigenvalue weighted by molar-refractivity contribution is 9.11. The largest absolute Gasteiger partial charge is 0.396 e. The molecule has 0 spiro atoms. The summed E-state index contributed by atoms with van der Waals surface area (Å²) < 4.78 is 1.09. The molecule has 0 bridgehead atoms. The first-order valence-corrected chi connectivity index (χ1v) is 7.05. The van der Waals surface area contributed by atoms with E-state index >= 15 is 0 Å². The van der Waals surface area contributed by atoms with Crippen LogP contribution in [0.3, 0.4) is 0 Å². The Hall–Kier alpha value is -0.780. The zero-order chi connectivity index (χ0) is 12.3. The molecule has 2 heterocycles. The predicted molar refractivity (Wildman–Crippen MR) is 73.2 cm³/mol. The lowest BCUT2D eigenvalue weighted by molar-refractivity contribution is 0.257. The first kappa shape index (κ1) is 12.7. The molecule has 0 fully saturated rings. The van der Waals surface area contributed by atoms with Crippen molar-refractivity contribution in [2.75, 3.05) is 6.61 Å². The van der Waals surface area contributed by atoms with Crippen LogP contribution in [0.1, 0.15) is 25.1 Å². The Kier molecular flexibility index (Phi) is 4.25. The summed E-state index contributed by atoms with van der Waals surface area (Å²) >= 11 is 5.08. The van der Waals surface area contributed by atoms with Crippen LogP contribution in [0.4, 0.5) is 0 Å². The number of rotatable bonds is 4. The lowest BCUT2D eigenvalue weighted by Gasteiger charge is -2.10. The minimum Gasteiger partial charge on any atom is -0.396 e. The Labute approximate surface area is 113 Å². The van der Waals surface area contributed by atoms with Gasteiger partial charge in [0.05, 0.1) is 21.0 Å². The van der Waals surface area contributed by atoms with Crippen LogP contribution in [0.25, 0.3) is 10.6 Å². The Bertz CT molecular complexity index is 497. The summed E-state index contributed by atoms with van der Waals surface area (Å²) in [5, 5.41) is 9.26. The number of thiophene rings is 1. The summed E-state index contributed by atoms with van der Waals surface area (Å²) in [5.41, 5.74) is 0.914. The Morgan fingerprint density at radius 1 is 1.41 bits per heavy atom. The molecule has 3 nitrogen and oxygen atoms in total. The number of hydrogen-bond donors (Lipinski definition) is 1. The number of aliphatic hydroxyl groups is 1. The first-order chi connectivity index (χ1) is 8.24. The number of aromatic nitrogens is 2. The highest BCUT2D eigenvalue weighted by Gasteiger charge is 2.12. The van der Waals surface area contributed by atoms with Crippen LogP contribution in [-0.4, -0.2) is 21.7 Å². The maximum atomic E-state index is 9.26. The maximum Gasteiger partial charge on any atom is 0.134 e. The van der Waals surface area contributed by atoms with Gasteiger partial charge in [0.25, 0.3) is 0 Å². The topological polar surface area (TPSA) is 46.0 Å². The smallest absolute Gasteiger partial charge is 0.134 e. The first-order valence-electron chi connectivity index (χ1n) is 5.44. The van der Waals surface area contributed by atoms with Crippen molar-refractivity contribution >= 4 is 27.3 Å². The van der Waals surface area contributed by atoms with Crippen LogP contribution in [0.5, 0.6) is 0 Å². The van der Waals surface area contributed by atoms with Gasteiger partial charge in [0.1, 0.15) is 5.82 Å². The van der Waals surface area contributed by atoms with Gasteiger partial charge in [-0.25, -0.2) is 9.97 Å². The molecule has 0 amide bonds. The minimum absolute atomic E-state index is 0.0263. The van der Waals surface area contributed by atoms with Crippen LogP contribution in [0, 0.1) is 0 Å². The highest BCUT2D eigenvalue weighted by Crippen LogP contribution is 2.30. The number of aliphatic hydroxyl groups excluding tert-OH is 1. The summed E-state index contributed by atoms with van der Waals surface area (Å²) in [6, 6.07) is 5.93. The standard InChI is InChI=1S/C12H13BrN2OS/c1-2-8(7-16)12-14-6-5-9(15-12)10-3-4-11(13)17-10/h3-6,8,16H,2,7H2,1H3. The average Bonchev–Trinajstić information content (AvgIpc) is 2.78. The maximum absolute atomic E-state index is 9.26. The molecule has 5 heteroatoms. The second-order valence-electron chi connectivity index (χ2n) is 3.69. The quantitative estimate of drug-likeness (QED) is 0.940. The van der Waals surface area contributed by atoms with E-state index in [2.05, 4.69) is 25.9 Å². The van der Waals surface area contributed by atoms with Crippen molar-refractivity contribution in [2.45, 2.75) is 19.3 Å². The van der Waals surface area contributed by atoms with Gasteiger partial charge in [0.2, 0.25) is 0 Å². The van der Waals surface area contributed by atoms with Crippen LogP contribution in [0.15, 0.2) is 28.2 Å². The lowest BCUT2D eigenvalue weighted by Crippen LogP contribution is -2.07. The van der Waals surface area contributed by atoms with Gasteiger partial charge in [-0.05, 0) is 40.5 Å². The highest BCUT2D eigenvalue weighted by atomic mass is 79.9. The molecule has 2 rings (SSSR count). The van der Waals surface area contributed by atoms with Crippen molar-refractivity contribution in [1.82, 2.24) is 9.97 Å². The van der Waals surface area contributed by atoms with Gasteiger partial charge in [0.15, 0.2) is 0 Å². The van der Waals surface area contributed by atoms with Gasteiger partial charge in [-0.1, -0.05) is 6.92 Å². The summed E-state index contributed by atoms with van der Waals surface area (Å²) in [5.74, 6) is 0.746. The molecular weight excluding hydrogens is 300 g/mol. The summed E-state index contributed by atoms with van der Waals surface area (Å²) in [7, 11) is 0. The van der Waals surface area contributed by atoms with Crippen LogP contribution < -0.4 is 0 Å². The van der Waals surface area contributed by atoms with E-state index in [0.717, 1.165) is 26.6 Å². The Morgan fingerprint density at radius 2 is 2.24 bits per heavy atom. The molecule has 1 N–H and O–H groups in total. The van der Waals surface area contributed by atoms with Gasteiger partial charge < -0.3 is 5.11 Å². The SMILES string of the molecule is CCC(CO)c1nccc(-c2ccc(Br)s2)n1. The number of hydrogen-bond acceptors (Lipinski definition) is 4. The molecule has 0 aliphatic carbocycles. The van der Waals surface area contributed by atoms with Crippen LogP contribution in [0.2, 0.25) is 0 Å². The molecule has 1 atom stereocenters. The molecule has 0 saturated carbocycles. The second-order valence-corrected chi connectivity index (χ2v) is 6.15. The van der Waals surface area contributed by atoms with Crippen molar-refractivity contribution in [2.24, 2.45) is 0 Å². The summed E-state index contributed by atoms with van der Waals surface area (Å²) in [6.07, 6.45) is 2.59. The average molecular weight is 313 g/mol. The number of nitrogens with zero attached hydrogens (tertiary/aromatic N) is 2. The Morgan fingerprint density at radius 3 is 2.82 bits per heavy atom. The molecule has 1 unspecified atom stereocenters. The van der Waals surface area contributed by atoms with Crippen molar-refractivity contribution in [3.05, 3.63) is 34.0 Å². The molecule has 0 aliphatic rings. The minimum atomic E-state index is 0.0263. The molecule has 2 aromatic heterocycles. The van der Waals surface area contributed by atoms with E-state index in [1.54, 1.807) is 17.5 Å². The van der Waals surface area contributed by atoms with Crippen molar-refractivity contribution in [3.8, 4) is 10.6 Å². The lowest BCUT2D eigenvalue weighted by atomic mass is 10.1. The summed E-state index contributed by atoms with van der Waals surface area (Å²) in [6.45, 7) is 2.12. The van der Waals surface area contributed by atoms with Crippen molar-refractivity contribution < 1.29 is 5.11 Å². The van der Waals surface area contributed by atoms with Gasteiger partial charge in [-0.15, -0.1) is 11.3 Å². The van der Waals surface area contributed by atoms with E-state index < -0.39 is 0 Å². The fourth-order valence-electron chi connectivity index (χ4n) is 1.55.